The molecule has 0 bridgehead atoms. The van der Waals surface area contributed by atoms with Crippen molar-refractivity contribution in [3.05, 3.63) is 78.9 Å². The fraction of sp³-hybridized carbons (Fsp3) is 0.182. The lowest BCUT2D eigenvalue weighted by molar-refractivity contribution is 1.23. The molecule has 0 aliphatic rings. The molecule has 0 saturated heterocycles. The Kier molecular flexibility index (Phi) is 5.59. The molecular formula is C22H25N. The SMILES string of the molecule is C=C/C=C\C(=C/C)n1c2ccccc2c2c(C)cccc21.CC. The van der Waals surface area contributed by atoms with Gasteiger partial charge in [-0.1, -0.05) is 69.0 Å². The number of aromatic nitrogens is 1. The molecule has 3 rings (SSSR count). The Labute approximate surface area is 139 Å². The summed E-state index contributed by atoms with van der Waals surface area (Å²) in [6, 6.07) is 15.1. The molecule has 1 nitrogen and oxygen atoms in total. The molecule has 2 aromatic carbocycles. The van der Waals surface area contributed by atoms with Gasteiger partial charge in [-0.25, -0.2) is 0 Å². The number of allylic oxidation sites excluding steroid dienone is 5. The Morgan fingerprint density at radius 2 is 1.70 bits per heavy atom. The summed E-state index contributed by atoms with van der Waals surface area (Å²) < 4.78 is 2.32. The van der Waals surface area contributed by atoms with Crippen LogP contribution in [0.2, 0.25) is 0 Å². The molecular weight excluding hydrogens is 278 g/mol. The predicted octanol–water partition coefficient (Wildman–Crippen LogP) is 6.73. The highest BCUT2D eigenvalue weighted by atomic mass is 15.0. The summed E-state index contributed by atoms with van der Waals surface area (Å²) in [4.78, 5) is 0. The molecule has 0 aliphatic heterocycles. The highest BCUT2D eigenvalue weighted by Crippen LogP contribution is 2.33. The Balaban J connectivity index is 0.000000924. The number of para-hydroxylation sites is 1. The molecule has 118 valence electrons. The zero-order valence-corrected chi connectivity index (χ0v) is 14.5. The average Bonchev–Trinajstić information content (AvgIpc) is 2.94. The van der Waals surface area contributed by atoms with Crippen LogP contribution in [-0.4, -0.2) is 4.57 Å². The fourth-order valence-electron chi connectivity index (χ4n) is 2.94. The largest absolute Gasteiger partial charge is 0.310 e. The number of hydrogen-bond donors (Lipinski definition) is 0. The van der Waals surface area contributed by atoms with Crippen molar-refractivity contribution in [3.8, 4) is 0 Å². The smallest absolute Gasteiger partial charge is 0.0543 e. The Bertz CT molecular complexity index is 876. The van der Waals surface area contributed by atoms with Gasteiger partial charge in [0, 0.05) is 16.5 Å². The van der Waals surface area contributed by atoms with Crippen molar-refractivity contribution < 1.29 is 0 Å². The van der Waals surface area contributed by atoms with E-state index in [1.807, 2.05) is 26.0 Å². The topological polar surface area (TPSA) is 4.93 Å². The van der Waals surface area contributed by atoms with E-state index in [1.54, 1.807) is 0 Å². The quantitative estimate of drug-likeness (QED) is 0.473. The average molecular weight is 303 g/mol. The predicted molar refractivity (Wildman–Crippen MR) is 105 cm³/mol. The molecule has 0 spiro atoms. The van der Waals surface area contributed by atoms with Crippen LogP contribution in [0.1, 0.15) is 26.3 Å². The first-order valence-corrected chi connectivity index (χ1v) is 8.22. The van der Waals surface area contributed by atoms with Gasteiger partial charge < -0.3 is 4.57 Å². The highest BCUT2D eigenvalue weighted by molar-refractivity contribution is 6.11. The summed E-state index contributed by atoms with van der Waals surface area (Å²) in [6.45, 7) is 12.0. The molecule has 3 aromatic rings. The van der Waals surface area contributed by atoms with Crippen LogP contribution < -0.4 is 0 Å². The third-order valence-electron chi connectivity index (χ3n) is 3.86. The summed E-state index contributed by atoms with van der Waals surface area (Å²) in [7, 11) is 0. The Morgan fingerprint density at radius 1 is 1.00 bits per heavy atom. The van der Waals surface area contributed by atoms with Crippen LogP contribution in [0.25, 0.3) is 27.5 Å². The summed E-state index contributed by atoms with van der Waals surface area (Å²) in [5, 5.41) is 2.64. The molecule has 1 heterocycles. The van der Waals surface area contributed by atoms with E-state index in [9.17, 15) is 0 Å². The maximum atomic E-state index is 3.76. The van der Waals surface area contributed by atoms with Gasteiger partial charge in [-0.2, -0.15) is 0 Å². The number of aryl methyl sites for hydroxylation is 1. The first kappa shape index (κ1) is 16.8. The summed E-state index contributed by atoms with van der Waals surface area (Å²) in [6.07, 6.45) is 8.02. The molecule has 0 saturated carbocycles. The van der Waals surface area contributed by atoms with E-state index < -0.39 is 0 Å². The summed E-state index contributed by atoms with van der Waals surface area (Å²) >= 11 is 0. The Morgan fingerprint density at radius 3 is 2.39 bits per heavy atom. The van der Waals surface area contributed by atoms with Crippen LogP contribution in [0, 0.1) is 6.92 Å². The van der Waals surface area contributed by atoms with E-state index >= 15 is 0 Å². The second kappa shape index (κ2) is 7.64. The van der Waals surface area contributed by atoms with Gasteiger partial charge in [0.1, 0.15) is 0 Å². The number of hydrogen-bond acceptors (Lipinski definition) is 0. The van der Waals surface area contributed by atoms with E-state index in [4.69, 9.17) is 0 Å². The van der Waals surface area contributed by atoms with Crippen molar-refractivity contribution in [1.82, 2.24) is 4.57 Å². The molecule has 0 radical (unpaired) electrons. The van der Waals surface area contributed by atoms with Crippen molar-refractivity contribution in [2.75, 3.05) is 0 Å². The molecule has 0 atom stereocenters. The van der Waals surface area contributed by atoms with E-state index in [-0.39, 0.29) is 0 Å². The minimum atomic E-state index is 1.16. The van der Waals surface area contributed by atoms with E-state index in [1.165, 1.54) is 27.4 Å². The van der Waals surface area contributed by atoms with Crippen LogP contribution in [0.4, 0.5) is 0 Å². The van der Waals surface area contributed by atoms with Gasteiger partial charge in [-0.15, -0.1) is 0 Å². The third kappa shape index (κ3) is 3.00. The van der Waals surface area contributed by atoms with Crippen LogP contribution in [0.5, 0.6) is 0 Å². The van der Waals surface area contributed by atoms with Gasteiger partial charge in [0.25, 0.3) is 0 Å². The van der Waals surface area contributed by atoms with Crippen molar-refractivity contribution in [2.24, 2.45) is 0 Å². The maximum Gasteiger partial charge on any atom is 0.0543 e. The number of benzene rings is 2. The van der Waals surface area contributed by atoms with Crippen LogP contribution in [0.15, 0.2) is 73.3 Å². The lowest BCUT2D eigenvalue weighted by Gasteiger charge is -2.08. The van der Waals surface area contributed by atoms with Crippen molar-refractivity contribution >= 4 is 27.5 Å². The van der Waals surface area contributed by atoms with Crippen molar-refractivity contribution in [2.45, 2.75) is 27.7 Å². The molecule has 1 heteroatoms. The molecule has 0 amide bonds. The second-order valence-electron chi connectivity index (χ2n) is 5.13. The molecule has 0 unspecified atom stereocenters. The third-order valence-corrected chi connectivity index (χ3v) is 3.86. The van der Waals surface area contributed by atoms with Crippen molar-refractivity contribution in [1.29, 1.82) is 0 Å². The molecule has 1 aromatic heterocycles. The molecule has 0 aliphatic carbocycles. The number of rotatable bonds is 3. The standard InChI is InChI=1S/C20H19N.C2H6/c1-4-6-11-16(5-2)21-18-13-8-7-12-17(18)20-15(3)10-9-14-19(20)21;1-2/h4-14H,1H2,2-3H3;1-2H3/b11-6-,16-5+;. The zero-order chi connectivity index (χ0) is 16.8. The molecule has 0 fully saturated rings. The molecule has 23 heavy (non-hydrogen) atoms. The van der Waals surface area contributed by atoms with Gasteiger partial charge in [0.05, 0.1) is 11.0 Å². The lowest BCUT2D eigenvalue weighted by atomic mass is 10.1. The van der Waals surface area contributed by atoms with Gasteiger partial charge in [0.15, 0.2) is 0 Å². The lowest BCUT2D eigenvalue weighted by Crippen LogP contribution is -1.94. The van der Waals surface area contributed by atoms with Gasteiger partial charge in [-0.3, -0.25) is 0 Å². The van der Waals surface area contributed by atoms with E-state index in [0.29, 0.717) is 0 Å². The minimum absolute atomic E-state index is 1.16. The second-order valence-corrected chi connectivity index (χ2v) is 5.13. The van der Waals surface area contributed by atoms with E-state index in [0.717, 1.165) is 5.70 Å². The monoisotopic (exact) mass is 303 g/mol. The normalized spacial score (nSPS) is 11.7. The van der Waals surface area contributed by atoms with Crippen LogP contribution in [-0.2, 0) is 0 Å². The minimum Gasteiger partial charge on any atom is -0.310 e. The fourth-order valence-corrected chi connectivity index (χ4v) is 2.94. The molecule has 0 N–H and O–H groups in total. The first-order valence-electron chi connectivity index (χ1n) is 8.22. The Hall–Kier alpha value is -2.54. The van der Waals surface area contributed by atoms with Gasteiger partial charge >= 0.3 is 0 Å². The van der Waals surface area contributed by atoms with Crippen molar-refractivity contribution in [3.63, 3.8) is 0 Å². The highest BCUT2D eigenvalue weighted by Gasteiger charge is 2.12. The maximum absolute atomic E-state index is 3.76. The summed E-state index contributed by atoms with van der Waals surface area (Å²) in [5.74, 6) is 0. The van der Waals surface area contributed by atoms with Gasteiger partial charge in [0.2, 0.25) is 0 Å². The van der Waals surface area contributed by atoms with Crippen LogP contribution in [0.3, 0.4) is 0 Å². The number of fused-ring (bicyclic) bond motifs is 3. The van der Waals surface area contributed by atoms with Gasteiger partial charge in [-0.05, 0) is 37.6 Å². The van der Waals surface area contributed by atoms with Crippen LogP contribution >= 0.6 is 0 Å². The van der Waals surface area contributed by atoms with E-state index in [2.05, 4.69) is 79.6 Å². The zero-order valence-electron chi connectivity index (χ0n) is 14.5. The number of nitrogens with zero attached hydrogens (tertiary/aromatic N) is 1. The summed E-state index contributed by atoms with van der Waals surface area (Å²) in [5.41, 5.74) is 4.96. The first-order chi connectivity index (χ1) is 11.3.